The van der Waals surface area contributed by atoms with Crippen LogP contribution in [0.3, 0.4) is 0 Å². The zero-order valence-corrected chi connectivity index (χ0v) is 22.0. The average Bonchev–Trinajstić information content (AvgIpc) is 3.47. The molecule has 0 aliphatic heterocycles. The summed E-state index contributed by atoms with van der Waals surface area (Å²) < 4.78 is 54.3. The van der Waals surface area contributed by atoms with Gasteiger partial charge in [0.15, 0.2) is 11.5 Å². The lowest BCUT2D eigenvalue weighted by Crippen LogP contribution is -2.40. The lowest BCUT2D eigenvalue weighted by atomic mass is 10.2. The topological polar surface area (TPSA) is 103 Å². The van der Waals surface area contributed by atoms with Crippen molar-refractivity contribution in [2.24, 2.45) is 0 Å². The molecule has 0 radical (unpaired) electrons. The molecule has 0 unspecified atom stereocenters. The van der Waals surface area contributed by atoms with Crippen LogP contribution in [0.25, 0.3) is 5.69 Å². The second-order valence-electron chi connectivity index (χ2n) is 8.04. The van der Waals surface area contributed by atoms with Crippen molar-refractivity contribution in [3.8, 4) is 17.2 Å². The largest absolute Gasteiger partial charge is 0.493 e. The summed E-state index contributed by atoms with van der Waals surface area (Å²) in [6.45, 7) is -0.413. The number of rotatable bonds is 10. The number of benzene rings is 3. The molecule has 3 aromatic carbocycles. The molecule has 1 amide bonds. The van der Waals surface area contributed by atoms with Crippen LogP contribution >= 0.6 is 11.6 Å². The van der Waals surface area contributed by atoms with Crippen LogP contribution in [0, 0.1) is 5.82 Å². The van der Waals surface area contributed by atoms with Crippen LogP contribution < -0.4 is 19.1 Å². The van der Waals surface area contributed by atoms with Gasteiger partial charge in [-0.1, -0.05) is 23.7 Å². The van der Waals surface area contributed by atoms with E-state index in [0.29, 0.717) is 5.75 Å². The minimum Gasteiger partial charge on any atom is -0.493 e. The van der Waals surface area contributed by atoms with Crippen molar-refractivity contribution in [2.75, 3.05) is 25.1 Å². The van der Waals surface area contributed by atoms with Crippen LogP contribution in [0.15, 0.2) is 84.3 Å². The molecule has 38 heavy (non-hydrogen) atoms. The summed E-state index contributed by atoms with van der Waals surface area (Å²) in [6, 6.07) is 14.9. The predicted octanol–water partition coefficient (Wildman–Crippen LogP) is 4.19. The first-order valence-corrected chi connectivity index (χ1v) is 13.1. The first-order valence-electron chi connectivity index (χ1n) is 11.3. The molecular weight excluding hydrogens is 535 g/mol. The first-order chi connectivity index (χ1) is 18.2. The molecule has 12 heteroatoms. The summed E-state index contributed by atoms with van der Waals surface area (Å²) in [4.78, 5) is 16.8. The second kappa shape index (κ2) is 11.5. The number of halogens is 2. The Labute approximate surface area is 224 Å². The fraction of sp³-hybridized carbons (Fsp3) is 0.154. The maximum absolute atomic E-state index is 13.8. The molecule has 0 fully saturated rings. The van der Waals surface area contributed by atoms with Crippen LogP contribution in [-0.4, -0.2) is 44.6 Å². The van der Waals surface area contributed by atoms with Gasteiger partial charge in [0.1, 0.15) is 12.4 Å². The van der Waals surface area contributed by atoms with Crippen molar-refractivity contribution in [3.05, 3.63) is 95.8 Å². The van der Waals surface area contributed by atoms with Gasteiger partial charge in [0.05, 0.1) is 36.2 Å². The number of ether oxygens (including phenoxy) is 2. The number of sulfonamides is 1. The molecule has 198 valence electrons. The molecule has 0 aliphatic rings. The van der Waals surface area contributed by atoms with Gasteiger partial charge < -0.3 is 19.4 Å². The quantitative estimate of drug-likeness (QED) is 0.313. The Kier molecular flexibility index (Phi) is 8.18. The number of nitrogens with zero attached hydrogens (tertiary/aromatic N) is 3. The van der Waals surface area contributed by atoms with E-state index >= 15 is 0 Å². The second-order valence-corrected chi connectivity index (χ2v) is 10.3. The average molecular weight is 559 g/mol. The molecule has 4 aromatic rings. The number of nitrogens with one attached hydrogen (secondary N) is 1. The number of aromatic nitrogens is 2. The number of carbonyl (C=O) groups excluding carboxylic acids is 1. The van der Waals surface area contributed by atoms with Crippen molar-refractivity contribution in [1.29, 1.82) is 0 Å². The molecule has 0 atom stereocenters. The van der Waals surface area contributed by atoms with Gasteiger partial charge in [0, 0.05) is 30.7 Å². The molecule has 1 N–H and O–H groups in total. The highest BCUT2D eigenvalue weighted by Crippen LogP contribution is 2.33. The van der Waals surface area contributed by atoms with Gasteiger partial charge in [-0.3, -0.25) is 9.10 Å². The molecule has 0 saturated carbocycles. The lowest BCUT2D eigenvalue weighted by Gasteiger charge is -2.25. The summed E-state index contributed by atoms with van der Waals surface area (Å²) in [5, 5.41) is 2.44. The maximum Gasteiger partial charge on any atom is 0.264 e. The standard InChI is InChI=1S/C26H24ClFN4O5S/c1-36-24-10-8-21(14-25(24)37-2)38(34,35)32(20-7-9-23(28)22(27)13-20)16-26(33)30-15-18-3-5-19(6-4-18)31-12-11-29-17-31/h3-14,17H,15-16H2,1-2H3,(H,30,33). The Morgan fingerprint density at radius 2 is 1.79 bits per heavy atom. The number of carbonyl (C=O) groups is 1. The summed E-state index contributed by atoms with van der Waals surface area (Å²) >= 11 is 5.93. The van der Waals surface area contributed by atoms with Crippen LogP contribution in [0.2, 0.25) is 5.02 Å². The highest BCUT2D eigenvalue weighted by atomic mass is 35.5. The van der Waals surface area contributed by atoms with E-state index in [1.165, 1.54) is 38.5 Å². The molecule has 9 nitrogen and oxygen atoms in total. The predicted molar refractivity (Wildman–Crippen MR) is 141 cm³/mol. The number of hydrogen-bond donors (Lipinski definition) is 1. The van der Waals surface area contributed by atoms with Crippen molar-refractivity contribution < 1.29 is 27.1 Å². The molecule has 4 rings (SSSR count). The third kappa shape index (κ3) is 5.90. The van der Waals surface area contributed by atoms with E-state index < -0.39 is 28.3 Å². The number of hydrogen-bond acceptors (Lipinski definition) is 6. The highest BCUT2D eigenvalue weighted by Gasteiger charge is 2.29. The first kappa shape index (κ1) is 27.0. The Balaban J connectivity index is 1.57. The van der Waals surface area contributed by atoms with E-state index in [9.17, 15) is 17.6 Å². The maximum atomic E-state index is 13.8. The zero-order chi connectivity index (χ0) is 27.3. The highest BCUT2D eigenvalue weighted by molar-refractivity contribution is 7.92. The van der Waals surface area contributed by atoms with Crippen molar-refractivity contribution in [2.45, 2.75) is 11.4 Å². The SMILES string of the molecule is COc1ccc(S(=O)(=O)N(CC(=O)NCc2ccc(-n3ccnc3)cc2)c2ccc(F)c(Cl)c2)cc1OC. The third-order valence-corrected chi connectivity index (χ3v) is 7.71. The van der Waals surface area contributed by atoms with Gasteiger partial charge in [0.25, 0.3) is 10.0 Å². The van der Waals surface area contributed by atoms with E-state index in [-0.39, 0.29) is 27.9 Å². The van der Waals surface area contributed by atoms with Gasteiger partial charge in [-0.15, -0.1) is 0 Å². The van der Waals surface area contributed by atoms with Gasteiger partial charge in [-0.2, -0.15) is 0 Å². The minimum absolute atomic E-state index is 0.0195. The lowest BCUT2D eigenvalue weighted by molar-refractivity contribution is -0.119. The van der Waals surface area contributed by atoms with Crippen LogP contribution in [0.1, 0.15) is 5.56 Å². The summed E-state index contributed by atoms with van der Waals surface area (Å²) in [5.74, 6) is -0.774. The number of methoxy groups -OCH3 is 2. The molecule has 0 aliphatic carbocycles. The van der Waals surface area contributed by atoms with E-state index in [2.05, 4.69) is 10.3 Å². The van der Waals surface area contributed by atoms with Crippen molar-refractivity contribution in [1.82, 2.24) is 14.9 Å². The van der Waals surface area contributed by atoms with Gasteiger partial charge in [0.2, 0.25) is 5.91 Å². The van der Waals surface area contributed by atoms with Crippen molar-refractivity contribution >= 4 is 33.2 Å². The Morgan fingerprint density at radius 3 is 2.42 bits per heavy atom. The van der Waals surface area contributed by atoms with E-state index in [1.807, 2.05) is 35.0 Å². The number of imidazole rings is 1. The van der Waals surface area contributed by atoms with E-state index in [4.69, 9.17) is 21.1 Å². The monoisotopic (exact) mass is 558 g/mol. The van der Waals surface area contributed by atoms with Crippen LogP contribution in [-0.2, 0) is 21.4 Å². The molecule has 0 saturated heterocycles. The normalized spacial score (nSPS) is 11.2. The fourth-order valence-electron chi connectivity index (χ4n) is 3.64. The number of anilines is 1. The zero-order valence-electron chi connectivity index (χ0n) is 20.5. The molecule has 0 bridgehead atoms. The van der Waals surface area contributed by atoms with E-state index in [0.717, 1.165) is 27.7 Å². The smallest absolute Gasteiger partial charge is 0.264 e. The van der Waals surface area contributed by atoms with Crippen LogP contribution in [0.5, 0.6) is 11.5 Å². The summed E-state index contributed by atoms with van der Waals surface area (Å²) in [5.41, 5.74) is 1.73. The Morgan fingerprint density at radius 1 is 1.05 bits per heavy atom. The summed E-state index contributed by atoms with van der Waals surface area (Å²) in [7, 11) is -1.50. The molecular formula is C26H24ClFN4O5S. The molecule has 0 spiro atoms. The van der Waals surface area contributed by atoms with Gasteiger partial charge in [-0.25, -0.2) is 17.8 Å². The minimum atomic E-state index is -4.30. The molecule has 1 aromatic heterocycles. The Bertz CT molecular complexity index is 1530. The third-order valence-electron chi connectivity index (χ3n) is 5.65. The number of amides is 1. The van der Waals surface area contributed by atoms with E-state index in [1.54, 1.807) is 12.5 Å². The molecule has 1 heterocycles. The fourth-order valence-corrected chi connectivity index (χ4v) is 5.25. The van der Waals surface area contributed by atoms with Crippen LogP contribution in [0.4, 0.5) is 10.1 Å². The van der Waals surface area contributed by atoms with Crippen molar-refractivity contribution in [3.63, 3.8) is 0 Å². The van der Waals surface area contributed by atoms with Gasteiger partial charge in [-0.05, 0) is 48.0 Å². The summed E-state index contributed by atoms with van der Waals surface area (Å²) in [6.07, 6.45) is 5.15. The Hall–Kier alpha value is -4.09. The van der Waals surface area contributed by atoms with Gasteiger partial charge >= 0.3 is 0 Å².